The molecule has 1 saturated heterocycles. The third kappa shape index (κ3) is 5.05. The van der Waals surface area contributed by atoms with Gasteiger partial charge in [-0.25, -0.2) is 8.78 Å². The Labute approximate surface area is 176 Å². The Kier molecular flexibility index (Phi) is 7.56. The van der Waals surface area contributed by atoms with Crippen molar-refractivity contribution < 1.29 is 23.0 Å². The highest BCUT2D eigenvalue weighted by molar-refractivity contribution is 5.83. The summed E-state index contributed by atoms with van der Waals surface area (Å²) >= 11 is 0. The standard InChI is InChI=1S/C24H29F2NO3/c1-3-19(29-2)16-27-23(28)24(10-12-30-13-11-24)15-18-6-4-5-7-20(18)17-8-9-21(25)22(26)14-17/h4-9,14,19H,3,10-13,15-16H2,1-2H3,(H,27,28)/t19-/m0/s1. The highest BCUT2D eigenvalue weighted by Gasteiger charge is 2.40. The lowest BCUT2D eigenvalue weighted by atomic mass is 9.73. The van der Waals surface area contributed by atoms with E-state index in [-0.39, 0.29) is 12.0 Å². The summed E-state index contributed by atoms with van der Waals surface area (Å²) in [6.45, 7) is 3.51. The van der Waals surface area contributed by atoms with Crippen LogP contribution in [0.25, 0.3) is 11.1 Å². The molecule has 6 heteroatoms. The number of hydrogen-bond donors (Lipinski definition) is 1. The molecular weight excluding hydrogens is 388 g/mol. The van der Waals surface area contributed by atoms with E-state index in [2.05, 4.69) is 5.32 Å². The smallest absolute Gasteiger partial charge is 0.226 e. The summed E-state index contributed by atoms with van der Waals surface area (Å²) in [5, 5.41) is 3.06. The molecule has 0 unspecified atom stereocenters. The average Bonchev–Trinajstić information content (AvgIpc) is 2.77. The predicted molar refractivity (Wildman–Crippen MR) is 112 cm³/mol. The Balaban J connectivity index is 1.88. The maximum Gasteiger partial charge on any atom is 0.226 e. The molecule has 1 heterocycles. The van der Waals surface area contributed by atoms with E-state index >= 15 is 0 Å². The van der Waals surface area contributed by atoms with Crippen LogP contribution in [0.4, 0.5) is 8.78 Å². The van der Waals surface area contributed by atoms with Crippen LogP contribution in [0.15, 0.2) is 42.5 Å². The van der Waals surface area contributed by atoms with E-state index < -0.39 is 17.0 Å². The molecule has 0 aliphatic carbocycles. The second-order valence-corrected chi connectivity index (χ2v) is 7.83. The Hall–Kier alpha value is -2.31. The highest BCUT2D eigenvalue weighted by Crippen LogP contribution is 2.38. The number of carbonyl (C=O) groups is 1. The molecule has 3 rings (SSSR count). The van der Waals surface area contributed by atoms with Gasteiger partial charge in [0.25, 0.3) is 0 Å². The van der Waals surface area contributed by atoms with E-state index in [1.807, 2.05) is 31.2 Å². The van der Waals surface area contributed by atoms with E-state index in [1.165, 1.54) is 6.07 Å². The van der Waals surface area contributed by atoms with Crippen molar-refractivity contribution in [3.8, 4) is 11.1 Å². The molecule has 4 nitrogen and oxygen atoms in total. The van der Waals surface area contributed by atoms with Crippen LogP contribution in [0.2, 0.25) is 0 Å². The summed E-state index contributed by atoms with van der Waals surface area (Å²) in [5.74, 6) is -1.77. The fraction of sp³-hybridized carbons (Fsp3) is 0.458. The zero-order valence-corrected chi connectivity index (χ0v) is 17.5. The second-order valence-electron chi connectivity index (χ2n) is 7.83. The van der Waals surface area contributed by atoms with E-state index in [0.717, 1.165) is 23.6 Å². The van der Waals surface area contributed by atoms with Crippen molar-refractivity contribution in [1.29, 1.82) is 0 Å². The van der Waals surface area contributed by atoms with E-state index in [9.17, 15) is 13.6 Å². The van der Waals surface area contributed by atoms with Crippen molar-refractivity contribution in [3.63, 3.8) is 0 Å². The van der Waals surface area contributed by atoms with Gasteiger partial charge in [0, 0.05) is 26.9 Å². The summed E-state index contributed by atoms with van der Waals surface area (Å²) in [6, 6.07) is 11.5. The number of rotatable bonds is 8. The number of amides is 1. The molecule has 162 valence electrons. The summed E-state index contributed by atoms with van der Waals surface area (Å²) in [5.41, 5.74) is 1.72. The Morgan fingerprint density at radius 3 is 2.57 bits per heavy atom. The molecule has 2 aromatic carbocycles. The van der Waals surface area contributed by atoms with Crippen molar-refractivity contribution in [2.75, 3.05) is 26.9 Å². The predicted octanol–water partition coefficient (Wildman–Crippen LogP) is 4.51. The monoisotopic (exact) mass is 417 g/mol. The zero-order chi connectivity index (χ0) is 21.6. The van der Waals surface area contributed by atoms with Gasteiger partial charge in [-0.3, -0.25) is 4.79 Å². The van der Waals surface area contributed by atoms with Crippen LogP contribution in [-0.2, 0) is 20.7 Å². The number of nitrogens with one attached hydrogen (secondary N) is 1. The molecule has 1 aliphatic rings. The first-order chi connectivity index (χ1) is 14.5. The van der Waals surface area contributed by atoms with Gasteiger partial charge in [-0.1, -0.05) is 37.3 Å². The maximum absolute atomic E-state index is 13.8. The number of benzene rings is 2. The van der Waals surface area contributed by atoms with E-state index in [1.54, 1.807) is 13.2 Å². The van der Waals surface area contributed by atoms with E-state index in [0.29, 0.717) is 44.6 Å². The number of methoxy groups -OCH3 is 1. The second kappa shape index (κ2) is 10.1. The SMILES string of the molecule is CC[C@@H](CNC(=O)C1(Cc2ccccc2-c2ccc(F)c(F)c2)CCOCC1)OC. The van der Waals surface area contributed by atoms with Crippen LogP contribution >= 0.6 is 0 Å². The molecule has 1 fully saturated rings. The van der Waals surface area contributed by atoms with Crippen LogP contribution < -0.4 is 5.32 Å². The van der Waals surface area contributed by atoms with Crippen molar-refractivity contribution in [2.45, 2.75) is 38.7 Å². The molecular formula is C24H29F2NO3. The maximum atomic E-state index is 13.8. The van der Waals surface area contributed by atoms with Crippen LogP contribution in [0.5, 0.6) is 0 Å². The van der Waals surface area contributed by atoms with Gasteiger partial charge in [0.15, 0.2) is 11.6 Å². The van der Waals surface area contributed by atoms with Gasteiger partial charge in [0.2, 0.25) is 5.91 Å². The third-order valence-electron chi connectivity index (χ3n) is 5.99. The van der Waals surface area contributed by atoms with Crippen molar-refractivity contribution in [2.24, 2.45) is 5.41 Å². The van der Waals surface area contributed by atoms with Gasteiger partial charge in [0.1, 0.15) is 0 Å². The highest BCUT2D eigenvalue weighted by atomic mass is 19.2. The summed E-state index contributed by atoms with van der Waals surface area (Å²) in [7, 11) is 1.64. The normalized spacial score (nSPS) is 16.8. The fourth-order valence-corrected chi connectivity index (χ4v) is 4.02. The van der Waals surface area contributed by atoms with Crippen LogP contribution in [-0.4, -0.2) is 38.9 Å². The first kappa shape index (κ1) is 22.4. The first-order valence-corrected chi connectivity index (χ1v) is 10.4. The van der Waals surface area contributed by atoms with E-state index in [4.69, 9.17) is 9.47 Å². The van der Waals surface area contributed by atoms with Crippen molar-refractivity contribution in [1.82, 2.24) is 5.32 Å². The number of ether oxygens (including phenoxy) is 2. The third-order valence-corrected chi connectivity index (χ3v) is 5.99. The van der Waals surface area contributed by atoms with Crippen molar-refractivity contribution >= 4 is 5.91 Å². The molecule has 0 bridgehead atoms. The largest absolute Gasteiger partial charge is 0.381 e. The molecule has 0 aromatic heterocycles. The minimum absolute atomic E-state index is 0.0126. The number of hydrogen-bond acceptors (Lipinski definition) is 3. The summed E-state index contributed by atoms with van der Waals surface area (Å²) < 4.78 is 38.2. The lowest BCUT2D eigenvalue weighted by Crippen LogP contribution is -2.48. The quantitative estimate of drug-likeness (QED) is 0.687. The van der Waals surface area contributed by atoms with Crippen LogP contribution in [0.3, 0.4) is 0 Å². The Morgan fingerprint density at radius 1 is 1.17 bits per heavy atom. The van der Waals surface area contributed by atoms with Gasteiger partial charge in [-0.2, -0.15) is 0 Å². The number of halogens is 2. The Morgan fingerprint density at radius 2 is 1.90 bits per heavy atom. The zero-order valence-electron chi connectivity index (χ0n) is 17.5. The van der Waals surface area contributed by atoms with Gasteiger partial charge in [0.05, 0.1) is 11.5 Å². The van der Waals surface area contributed by atoms with Crippen LogP contribution in [0, 0.1) is 17.0 Å². The topological polar surface area (TPSA) is 47.6 Å². The van der Waals surface area contributed by atoms with Crippen LogP contribution in [0.1, 0.15) is 31.7 Å². The number of carbonyl (C=O) groups excluding carboxylic acids is 1. The Bertz CT molecular complexity index is 861. The molecule has 30 heavy (non-hydrogen) atoms. The molecule has 1 amide bonds. The van der Waals surface area contributed by atoms with Crippen molar-refractivity contribution in [3.05, 3.63) is 59.7 Å². The first-order valence-electron chi connectivity index (χ1n) is 10.4. The fourth-order valence-electron chi connectivity index (χ4n) is 4.02. The van der Waals surface area contributed by atoms with Gasteiger partial charge >= 0.3 is 0 Å². The molecule has 2 aromatic rings. The lowest BCUT2D eigenvalue weighted by molar-refractivity contribution is -0.137. The molecule has 1 atom stereocenters. The average molecular weight is 417 g/mol. The minimum Gasteiger partial charge on any atom is -0.381 e. The summed E-state index contributed by atoms with van der Waals surface area (Å²) in [4.78, 5) is 13.3. The molecule has 1 aliphatic heterocycles. The summed E-state index contributed by atoms with van der Waals surface area (Å²) in [6.07, 6.45) is 2.50. The van der Waals surface area contributed by atoms with Gasteiger partial charge < -0.3 is 14.8 Å². The molecule has 1 N–H and O–H groups in total. The lowest BCUT2D eigenvalue weighted by Gasteiger charge is -2.36. The van der Waals surface area contributed by atoms with Gasteiger partial charge in [-0.15, -0.1) is 0 Å². The minimum atomic E-state index is -0.883. The van der Waals surface area contributed by atoms with Gasteiger partial charge in [-0.05, 0) is 54.5 Å². The molecule has 0 radical (unpaired) electrons. The molecule has 0 saturated carbocycles. The molecule has 0 spiro atoms.